The number of pyridine rings is 1. The van der Waals surface area contributed by atoms with Crippen molar-refractivity contribution < 1.29 is 4.79 Å². The molecule has 1 aliphatic carbocycles. The number of fused-ring (bicyclic) bond motifs is 1. The molecule has 2 aromatic carbocycles. The highest BCUT2D eigenvalue weighted by molar-refractivity contribution is 5.81. The molecule has 2 aliphatic rings. The van der Waals surface area contributed by atoms with Gasteiger partial charge in [-0.2, -0.15) is 0 Å². The van der Waals surface area contributed by atoms with E-state index < -0.39 is 0 Å². The number of likely N-dealkylation sites (tertiary alicyclic amines) is 1. The van der Waals surface area contributed by atoms with Gasteiger partial charge in [-0.3, -0.25) is 4.79 Å². The van der Waals surface area contributed by atoms with Crippen LogP contribution >= 0.6 is 0 Å². The number of carbonyl (C=O) groups excluding carboxylic acids is 1. The van der Waals surface area contributed by atoms with Crippen molar-refractivity contribution in [2.75, 3.05) is 13.1 Å². The van der Waals surface area contributed by atoms with Gasteiger partial charge in [0, 0.05) is 37.3 Å². The van der Waals surface area contributed by atoms with Gasteiger partial charge in [-0.1, -0.05) is 54.1 Å². The standard InChI is InChI=1S/C28H28N4O/c1-19-4-6-21(7-5-19)22-8-10-23(11-9-22)27-30-26-25(3-2-15-29-26)32(27)18-20-14-16-31(17-20)28(33)24-12-13-24/h2-11,15,20,24H,12-14,16-18H2,1H3. The lowest BCUT2D eigenvalue weighted by atomic mass is 10.0. The topological polar surface area (TPSA) is 51.0 Å². The number of aryl methyl sites for hydroxylation is 1. The maximum Gasteiger partial charge on any atom is 0.225 e. The third-order valence-electron chi connectivity index (χ3n) is 7.02. The van der Waals surface area contributed by atoms with Gasteiger partial charge in [0.15, 0.2) is 5.65 Å². The Labute approximate surface area is 194 Å². The van der Waals surface area contributed by atoms with Gasteiger partial charge in [0.05, 0.1) is 5.52 Å². The first kappa shape index (κ1) is 20.2. The Morgan fingerprint density at radius 1 is 0.939 bits per heavy atom. The van der Waals surface area contributed by atoms with Gasteiger partial charge in [0.2, 0.25) is 5.91 Å². The zero-order chi connectivity index (χ0) is 22.4. The summed E-state index contributed by atoms with van der Waals surface area (Å²) in [7, 11) is 0. The van der Waals surface area contributed by atoms with Crippen LogP contribution < -0.4 is 0 Å². The lowest BCUT2D eigenvalue weighted by Gasteiger charge is -2.17. The number of carbonyl (C=O) groups is 1. The first-order chi connectivity index (χ1) is 16.2. The molecule has 1 amide bonds. The number of hydrogen-bond donors (Lipinski definition) is 0. The van der Waals surface area contributed by atoms with Crippen LogP contribution in [0.5, 0.6) is 0 Å². The van der Waals surface area contributed by atoms with Crippen LogP contribution in [0.1, 0.15) is 24.8 Å². The molecule has 5 heteroatoms. The molecular formula is C28H28N4O. The highest BCUT2D eigenvalue weighted by Gasteiger charge is 2.36. The van der Waals surface area contributed by atoms with Crippen molar-refractivity contribution in [1.82, 2.24) is 19.4 Å². The monoisotopic (exact) mass is 436 g/mol. The second-order valence-electron chi connectivity index (χ2n) is 9.55. The summed E-state index contributed by atoms with van der Waals surface area (Å²) in [5.41, 5.74) is 6.60. The maximum atomic E-state index is 12.5. The van der Waals surface area contributed by atoms with E-state index in [0.717, 1.165) is 61.4 Å². The molecule has 1 aliphatic heterocycles. The number of imidazole rings is 1. The van der Waals surface area contributed by atoms with Crippen LogP contribution in [0, 0.1) is 18.8 Å². The maximum absolute atomic E-state index is 12.5. The van der Waals surface area contributed by atoms with Gasteiger partial charge in [0.25, 0.3) is 0 Å². The molecule has 1 saturated carbocycles. The van der Waals surface area contributed by atoms with Gasteiger partial charge in [-0.25, -0.2) is 9.97 Å². The Kier molecular flexibility index (Phi) is 4.97. The molecule has 1 saturated heterocycles. The van der Waals surface area contributed by atoms with Crippen molar-refractivity contribution in [3.8, 4) is 22.5 Å². The molecule has 2 aromatic heterocycles. The SMILES string of the molecule is Cc1ccc(-c2ccc(-c3nc4ncccc4n3CC3CCN(C(=O)C4CC4)C3)cc2)cc1. The molecule has 6 rings (SSSR count). The summed E-state index contributed by atoms with van der Waals surface area (Å²) in [5, 5.41) is 0. The van der Waals surface area contributed by atoms with Crippen molar-refractivity contribution in [2.24, 2.45) is 11.8 Å². The molecular weight excluding hydrogens is 408 g/mol. The third kappa shape index (κ3) is 3.92. The molecule has 5 nitrogen and oxygen atoms in total. The van der Waals surface area contributed by atoms with E-state index in [9.17, 15) is 4.79 Å². The normalized spacial score (nSPS) is 18.2. The van der Waals surface area contributed by atoms with Gasteiger partial charge in [-0.05, 0) is 55.4 Å². The average Bonchev–Trinajstić information content (AvgIpc) is 3.49. The minimum Gasteiger partial charge on any atom is -0.342 e. The van der Waals surface area contributed by atoms with E-state index in [1.165, 1.54) is 16.7 Å². The summed E-state index contributed by atoms with van der Waals surface area (Å²) in [5.74, 6) is 2.05. The molecule has 0 bridgehead atoms. The van der Waals surface area contributed by atoms with Crippen molar-refractivity contribution in [3.63, 3.8) is 0 Å². The summed E-state index contributed by atoms with van der Waals surface area (Å²) in [6, 6.07) is 21.3. The zero-order valence-electron chi connectivity index (χ0n) is 18.9. The zero-order valence-corrected chi connectivity index (χ0v) is 18.9. The number of nitrogens with zero attached hydrogens (tertiary/aromatic N) is 4. The minimum atomic E-state index is 0.296. The van der Waals surface area contributed by atoms with E-state index in [-0.39, 0.29) is 0 Å². The third-order valence-corrected chi connectivity index (χ3v) is 7.02. The largest absolute Gasteiger partial charge is 0.342 e. The summed E-state index contributed by atoms with van der Waals surface area (Å²) >= 11 is 0. The minimum absolute atomic E-state index is 0.296. The quantitative estimate of drug-likeness (QED) is 0.425. The van der Waals surface area contributed by atoms with Gasteiger partial charge in [-0.15, -0.1) is 0 Å². The Hall–Kier alpha value is -3.47. The predicted molar refractivity (Wildman–Crippen MR) is 131 cm³/mol. The second-order valence-corrected chi connectivity index (χ2v) is 9.55. The summed E-state index contributed by atoms with van der Waals surface area (Å²) < 4.78 is 2.30. The molecule has 4 aromatic rings. The highest BCUT2D eigenvalue weighted by Crippen LogP contribution is 2.34. The van der Waals surface area contributed by atoms with Gasteiger partial charge in [0.1, 0.15) is 5.82 Å². The fourth-order valence-electron chi connectivity index (χ4n) is 4.95. The van der Waals surface area contributed by atoms with Crippen molar-refractivity contribution >= 4 is 17.1 Å². The van der Waals surface area contributed by atoms with E-state index in [0.29, 0.717) is 17.7 Å². The molecule has 1 atom stereocenters. The van der Waals surface area contributed by atoms with E-state index in [1.807, 2.05) is 6.07 Å². The lowest BCUT2D eigenvalue weighted by molar-refractivity contribution is -0.131. The molecule has 2 fully saturated rings. The highest BCUT2D eigenvalue weighted by atomic mass is 16.2. The second kappa shape index (κ2) is 8.14. The number of rotatable bonds is 5. The van der Waals surface area contributed by atoms with Crippen molar-refractivity contribution in [3.05, 3.63) is 72.4 Å². The molecule has 1 unspecified atom stereocenters. The van der Waals surface area contributed by atoms with Crippen LogP contribution in [-0.4, -0.2) is 38.4 Å². The van der Waals surface area contributed by atoms with Crippen LogP contribution in [0.4, 0.5) is 0 Å². The predicted octanol–water partition coefficient (Wildman–Crippen LogP) is 5.33. The Morgan fingerprint density at radius 2 is 1.64 bits per heavy atom. The number of hydrogen-bond acceptors (Lipinski definition) is 3. The Balaban J connectivity index is 1.30. The van der Waals surface area contributed by atoms with Crippen LogP contribution in [-0.2, 0) is 11.3 Å². The molecule has 3 heterocycles. The van der Waals surface area contributed by atoms with Crippen LogP contribution in [0.3, 0.4) is 0 Å². The van der Waals surface area contributed by atoms with Gasteiger partial charge < -0.3 is 9.47 Å². The molecule has 33 heavy (non-hydrogen) atoms. The summed E-state index contributed by atoms with van der Waals surface area (Å²) in [6.07, 6.45) is 4.99. The molecule has 166 valence electrons. The number of amides is 1. The van der Waals surface area contributed by atoms with E-state index in [1.54, 1.807) is 6.20 Å². The van der Waals surface area contributed by atoms with Crippen LogP contribution in [0.2, 0.25) is 0 Å². The van der Waals surface area contributed by atoms with Crippen molar-refractivity contribution in [1.29, 1.82) is 0 Å². The first-order valence-corrected chi connectivity index (χ1v) is 11.9. The smallest absolute Gasteiger partial charge is 0.225 e. The van der Waals surface area contributed by atoms with E-state index in [2.05, 4.69) is 76.0 Å². The Morgan fingerprint density at radius 3 is 2.36 bits per heavy atom. The summed E-state index contributed by atoms with van der Waals surface area (Å²) in [6.45, 7) is 4.69. The van der Waals surface area contributed by atoms with E-state index >= 15 is 0 Å². The average molecular weight is 437 g/mol. The molecule has 0 radical (unpaired) electrons. The Bertz CT molecular complexity index is 1300. The lowest BCUT2D eigenvalue weighted by Crippen LogP contribution is -2.30. The fourth-order valence-corrected chi connectivity index (χ4v) is 4.95. The fraction of sp³-hybridized carbons (Fsp3) is 0.321. The first-order valence-electron chi connectivity index (χ1n) is 11.9. The molecule has 0 N–H and O–H groups in total. The van der Waals surface area contributed by atoms with Gasteiger partial charge >= 0.3 is 0 Å². The summed E-state index contributed by atoms with van der Waals surface area (Å²) in [4.78, 5) is 24.0. The number of aromatic nitrogens is 3. The van der Waals surface area contributed by atoms with E-state index in [4.69, 9.17) is 4.98 Å². The number of benzene rings is 2. The molecule has 0 spiro atoms. The van der Waals surface area contributed by atoms with Crippen LogP contribution in [0.25, 0.3) is 33.7 Å². The van der Waals surface area contributed by atoms with Crippen molar-refractivity contribution in [2.45, 2.75) is 32.7 Å². The van der Waals surface area contributed by atoms with Crippen LogP contribution in [0.15, 0.2) is 66.9 Å².